The molecule has 0 fully saturated rings. The Morgan fingerprint density at radius 1 is 1.23 bits per heavy atom. The Morgan fingerprint density at radius 3 is 2.77 bits per heavy atom. The highest BCUT2D eigenvalue weighted by molar-refractivity contribution is 7.22. The molecule has 0 spiro atoms. The van der Waals surface area contributed by atoms with Gasteiger partial charge in [-0.25, -0.2) is 4.98 Å². The Morgan fingerprint density at radius 2 is 2.05 bits per heavy atom. The third-order valence-corrected chi connectivity index (χ3v) is 3.71. The number of nitrogens with zero attached hydrogens (tertiary/aromatic N) is 1. The largest absolute Gasteiger partial charge is 0.494 e. The van der Waals surface area contributed by atoms with Gasteiger partial charge in [-0.1, -0.05) is 11.3 Å². The highest BCUT2D eigenvalue weighted by Crippen LogP contribution is 2.29. The van der Waals surface area contributed by atoms with Crippen LogP contribution in [0, 0.1) is 0 Å². The molecule has 0 radical (unpaired) electrons. The lowest BCUT2D eigenvalue weighted by atomic mass is 10.3. The van der Waals surface area contributed by atoms with Crippen molar-refractivity contribution in [3.05, 3.63) is 18.2 Å². The highest BCUT2D eigenvalue weighted by Gasteiger charge is 2.11. The number of carbonyl (C=O) groups is 2. The van der Waals surface area contributed by atoms with Crippen molar-refractivity contribution in [3.63, 3.8) is 0 Å². The van der Waals surface area contributed by atoms with Crippen molar-refractivity contribution in [1.82, 2.24) is 4.98 Å². The lowest BCUT2D eigenvalue weighted by Crippen LogP contribution is -2.14. The number of hydrogen-bond acceptors (Lipinski definition) is 6. The number of nitrogens with one attached hydrogen (secondary N) is 1. The van der Waals surface area contributed by atoms with Crippen LogP contribution in [0.3, 0.4) is 0 Å². The molecule has 7 heteroatoms. The van der Waals surface area contributed by atoms with Crippen LogP contribution in [0.4, 0.5) is 5.13 Å². The Hall–Kier alpha value is -2.15. The number of thiazole rings is 1. The standard InChI is InChI=1S/C15H18N2O4S/c1-3-20-10-5-6-11-12(9-10)22-15(16-11)17-13(18)7-8-14(19)21-4-2/h5-6,9H,3-4,7-8H2,1-2H3,(H,16,17,18). The number of esters is 1. The smallest absolute Gasteiger partial charge is 0.306 e. The first-order valence-electron chi connectivity index (χ1n) is 7.11. The van der Waals surface area contributed by atoms with Crippen LogP contribution in [-0.2, 0) is 14.3 Å². The summed E-state index contributed by atoms with van der Waals surface area (Å²) in [4.78, 5) is 27.3. The average molecular weight is 322 g/mol. The summed E-state index contributed by atoms with van der Waals surface area (Å²) in [7, 11) is 0. The van der Waals surface area contributed by atoms with Gasteiger partial charge in [0.2, 0.25) is 5.91 Å². The normalized spacial score (nSPS) is 10.5. The molecule has 0 saturated carbocycles. The number of rotatable bonds is 7. The van der Waals surface area contributed by atoms with Gasteiger partial charge in [0.15, 0.2) is 5.13 Å². The summed E-state index contributed by atoms with van der Waals surface area (Å²) in [6, 6.07) is 5.59. The summed E-state index contributed by atoms with van der Waals surface area (Å²) >= 11 is 1.37. The van der Waals surface area contributed by atoms with E-state index in [2.05, 4.69) is 10.3 Å². The lowest BCUT2D eigenvalue weighted by Gasteiger charge is -2.01. The van der Waals surface area contributed by atoms with Crippen molar-refractivity contribution in [1.29, 1.82) is 0 Å². The Bertz CT molecular complexity index is 669. The molecule has 1 N–H and O–H groups in total. The van der Waals surface area contributed by atoms with Crippen molar-refractivity contribution < 1.29 is 19.1 Å². The number of aromatic nitrogens is 1. The van der Waals surface area contributed by atoms with E-state index in [0.29, 0.717) is 18.3 Å². The van der Waals surface area contributed by atoms with Gasteiger partial charge in [0.1, 0.15) is 5.75 Å². The van der Waals surface area contributed by atoms with Gasteiger partial charge in [-0.15, -0.1) is 0 Å². The second-order valence-electron chi connectivity index (χ2n) is 4.43. The number of benzene rings is 1. The van der Waals surface area contributed by atoms with E-state index in [-0.39, 0.29) is 24.7 Å². The van der Waals surface area contributed by atoms with Gasteiger partial charge < -0.3 is 14.8 Å². The van der Waals surface area contributed by atoms with E-state index in [1.165, 1.54) is 11.3 Å². The van der Waals surface area contributed by atoms with Gasteiger partial charge in [0.05, 0.1) is 29.9 Å². The maximum atomic E-state index is 11.8. The van der Waals surface area contributed by atoms with Crippen LogP contribution >= 0.6 is 11.3 Å². The molecule has 0 atom stereocenters. The van der Waals surface area contributed by atoms with E-state index in [9.17, 15) is 9.59 Å². The van der Waals surface area contributed by atoms with Gasteiger partial charge in [-0.2, -0.15) is 0 Å². The van der Waals surface area contributed by atoms with Gasteiger partial charge in [0, 0.05) is 6.42 Å². The van der Waals surface area contributed by atoms with Gasteiger partial charge >= 0.3 is 5.97 Å². The summed E-state index contributed by atoms with van der Waals surface area (Å²) in [6.07, 6.45) is 0.151. The van der Waals surface area contributed by atoms with Crippen LogP contribution in [0.2, 0.25) is 0 Å². The molecule has 0 unspecified atom stereocenters. The van der Waals surface area contributed by atoms with E-state index in [0.717, 1.165) is 16.0 Å². The molecular weight excluding hydrogens is 304 g/mol. The molecule has 0 aliphatic heterocycles. The number of ether oxygens (including phenoxy) is 2. The average Bonchev–Trinajstić information content (AvgIpc) is 2.87. The van der Waals surface area contributed by atoms with Crippen LogP contribution in [0.1, 0.15) is 26.7 Å². The molecule has 0 bridgehead atoms. The first-order valence-corrected chi connectivity index (χ1v) is 7.93. The maximum Gasteiger partial charge on any atom is 0.306 e. The minimum atomic E-state index is -0.372. The highest BCUT2D eigenvalue weighted by atomic mass is 32.1. The van der Waals surface area contributed by atoms with Crippen molar-refractivity contribution >= 4 is 38.6 Å². The number of fused-ring (bicyclic) bond motifs is 1. The van der Waals surface area contributed by atoms with E-state index in [1.54, 1.807) is 6.92 Å². The molecule has 0 saturated heterocycles. The van der Waals surface area contributed by atoms with Crippen molar-refractivity contribution in [3.8, 4) is 5.75 Å². The molecular formula is C15H18N2O4S. The molecule has 1 heterocycles. The zero-order chi connectivity index (χ0) is 15.9. The van der Waals surface area contributed by atoms with Gasteiger partial charge in [0.25, 0.3) is 0 Å². The topological polar surface area (TPSA) is 77.5 Å². The summed E-state index contributed by atoms with van der Waals surface area (Å²) in [5.74, 6) is 0.152. The minimum absolute atomic E-state index is 0.0685. The fourth-order valence-electron chi connectivity index (χ4n) is 1.85. The van der Waals surface area contributed by atoms with E-state index < -0.39 is 0 Å². The zero-order valence-electron chi connectivity index (χ0n) is 12.5. The Balaban J connectivity index is 1.96. The summed E-state index contributed by atoms with van der Waals surface area (Å²) < 4.78 is 11.1. The third kappa shape index (κ3) is 4.42. The van der Waals surface area contributed by atoms with Gasteiger partial charge in [-0.05, 0) is 32.0 Å². The van der Waals surface area contributed by atoms with Gasteiger partial charge in [-0.3, -0.25) is 9.59 Å². The molecule has 6 nitrogen and oxygen atoms in total. The first-order chi connectivity index (χ1) is 10.6. The zero-order valence-corrected chi connectivity index (χ0v) is 13.4. The quantitative estimate of drug-likeness (QED) is 0.793. The molecule has 0 aliphatic rings. The predicted octanol–water partition coefficient (Wildman–Crippen LogP) is 2.98. The minimum Gasteiger partial charge on any atom is -0.494 e. The maximum absolute atomic E-state index is 11.8. The van der Waals surface area contributed by atoms with Crippen molar-refractivity contribution in [2.45, 2.75) is 26.7 Å². The molecule has 1 aromatic carbocycles. The Labute approximate surface area is 132 Å². The number of hydrogen-bond donors (Lipinski definition) is 1. The second-order valence-corrected chi connectivity index (χ2v) is 5.47. The molecule has 22 heavy (non-hydrogen) atoms. The first kappa shape index (κ1) is 16.2. The SMILES string of the molecule is CCOC(=O)CCC(=O)Nc1nc2ccc(OCC)cc2s1. The van der Waals surface area contributed by atoms with E-state index in [4.69, 9.17) is 9.47 Å². The fraction of sp³-hybridized carbons (Fsp3) is 0.400. The monoisotopic (exact) mass is 322 g/mol. The van der Waals surface area contributed by atoms with Crippen LogP contribution in [0.25, 0.3) is 10.2 Å². The third-order valence-electron chi connectivity index (χ3n) is 2.78. The van der Waals surface area contributed by atoms with Crippen LogP contribution < -0.4 is 10.1 Å². The molecule has 1 aromatic heterocycles. The molecule has 0 aliphatic carbocycles. The summed E-state index contributed by atoms with van der Waals surface area (Å²) in [5.41, 5.74) is 0.800. The Kier molecular flexibility index (Phi) is 5.71. The number of anilines is 1. The molecule has 1 amide bonds. The number of amides is 1. The van der Waals surface area contributed by atoms with Crippen molar-refractivity contribution in [2.75, 3.05) is 18.5 Å². The number of carbonyl (C=O) groups excluding carboxylic acids is 2. The predicted molar refractivity (Wildman–Crippen MR) is 85.3 cm³/mol. The fourth-order valence-corrected chi connectivity index (χ4v) is 2.76. The molecule has 2 rings (SSSR count). The van der Waals surface area contributed by atoms with Crippen LogP contribution in [0.15, 0.2) is 18.2 Å². The van der Waals surface area contributed by atoms with Crippen molar-refractivity contribution in [2.24, 2.45) is 0 Å². The lowest BCUT2D eigenvalue weighted by molar-refractivity contribution is -0.144. The summed E-state index contributed by atoms with van der Waals surface area (Å²) in [5, 5.41) is 3.21. The molecule has 118 valence electrons. The van der Waals surface area contributed by atoms with Crippen LogP contribution in [-0.4, -0.2) is 30.1 Å². The van der Waals surface area contributed by atoms with Crippen LogP contribution in [0.5, 0.6) is 5.75 Å². The molecule has 2 aromatic rings. The summed E-state index contributed by atoms with van der Waals surface area (Å²) in [6.45, 7) is 4.57. The van der Waals surface area contributed by atoms with E-state index in [1.807, 2.05) is 25.1 Å². The second kappa shape index (κ2) is 7.74. The van der Waals surface area contributed by atoms with E-state index >= 15 is 0 Å².